The van der Waals surface area contributed by atoms with E-state index in [0.717, 1.165) is 0 Å². The highest BCUT2D eigenvalue weighted by atomic mass is 16.6. The molecule has 4 atom stereocenters. The molecule has 1 aliphatic carbocycles. The van der Waals surface area contributed by atoms with Crippen molar-refractivity contribution in [2.75, 3.05) is 7.11 Å². The number of methoxy groups -OCH3 is 1. The standard InChI is InChI=1S/C10H12O4/c1-5-6-3-4-7(5)14-10(12)8(6)9(11)13-2/h3-8H,1-2H3/t5-,6-,7+,8?/m0/s1. The van der Waals surface area contributed by atoms with Gasteiger partial charge in [0.2, 0.25) is 0 Å². The Kier molecular flexibility index (Phi) is 2.06. The number of ether oxygens (including phenoxy) is 2. The molecule has 1 fully saturated rings. The first-order chi connectivity index (χ1) is 6.65. The SMILES string of the molecule is COC(=O)C1C(=O)O[C@@H]2C=C[C@H]1[C@@H]2C. The van der Waals surface area contributed by atoms with E-state index in [9.17, 15) is 9.59 Å². The first kappa shape index (κ1) is 9.24. The molecular weight excluding hydrogens is 184 g/mol. The largest absolute Gasteiger partial charge is 0.468 e. The van der Waals surface area contributed by atoms with Crippen molar-refractivity contribution in [2.45, 2.75) is 13.0 Å². The van der Waals surface area contributed by atoms with E-state index in [1.165, 1.54) is 7.11 Å². The van der Waals surface area contributed by atoms with Gasteiger partial charge >= 0.3 is 11.9 Å². The second kappa shape index (κ2) is 3.12. The van der Waals surface area contributed by atoms with E-state index < -0.39 is 17.9 Å². The summed E-state index contributed by atoms with van der Waals surface area (Å²) in [4.78, 5) is 22.8. The van der Waals surface area contributed by atoms with Crippen molar-refractivity contribution in [1.29, 1.82) is 0 Å². The fourth-order valence-electron chi connectivity index (χ4n) is 2.11. The average Bonchev–Trinajstić information content (AvgIpc) is 2.42. The van der Waals surface area contributed by atoms with Gasteiger partial charge in [-0.3, -0.25) is 9.59 Å². The van der Waals surface area contributed by atoms with Gasteiger partial charge in [-0.05, 0) is 6.08 Å². The molecule has 0 spiro atoms. The smallest absolute Gasteiger partial charge is 0.321 e. The van der Waals surface area contributed by atoms with Gasteiger partial charge < -0.3 is 9.47 Å². The molecule has 1 aliphatic heterocycles. The fourth-order valence-corrected chi connectivity index (χ4v) is 2.11. The third-order valence-electron chi connectivity index (χ3n) is 2.99. The van der Waals surface area contributed by atoms with Crippen LogP contribution in [0.25, 0.3) is 0 Å². The molecule has 1 saturated heterocycles. The zero-order valence-electron chi connectivity index (χ0n) is 8.10. The Balaban J connectivity index is 2.26. The van der Waals surface area contributed by atoms with Crippen molar-refractivity contribution in [1.82, 2.24) is 0 Å². The Hall–Kier alpha value is -1.32. The van der Waals surface area contributed by atoms with Gasteiger partial charge in [-0.25, -0.2) is 0 Å². The Morgan fingerprint density at radius 2 is 2.21 bits per heavy atom. The van der Waals surface area contributed by atoms with E-state index in [1.807, 2.05) is 19.1 Å². The van der Waals surface area contributed by atoms with Crippen LogP contribution >= 0.6 is 0 Å². The van der Waals surface area contributed by atoms with Crippen LogP contribution in [0.4, 0.5) is 0 Å². The van der Waals surface area contributed by atoms with Gasteiger partial charge in [0, 0.05) is 11.8 Å². The van der Waals surface area contributed by atoms with Crippen LogP contribution in [0.2, 0.25) is 0 Å². The summed E-state index contributed by atoms with van der Waals surface area (Å²) in [6.45, 7) is 1.97. The third-order valence-corrected chi connectivity index (χ3v) is 2.99. The van der Waals surface area contributed by atoms with Gasteiger partial charge in [-0.1, -0.05) is 13.0 Å². The van der Waals surface area contributed by atoms with Crippen molar-refractivity contribution in [2.24, 2.45) is 17.8 Å². The molecule has 0 saturated carbocycles. The fraction of sp³-hybridized carbons (Fsp3) is 0.600. The van der Waals surface area contributed by atoms with Crippen LogP contribution in [-0.2, 0) is 19.1 Å². The summed E-state index contributed by atoms with van der Waals surface area (Å²) in [6, 6.07) is 0. The highest BCUT2D eigenvalue weighted by Gasteiger charge is 2.49. The van der Waals surface area contributed by atoms with Gasteiger partial charge in [0.05, 0.1) is 7.11 Å². The van der Waals surface area contributed by atoms with Gasteiger partial charge in [-0.2, -0.15) is 0 Å². The van der Waals surface area contributed by atoms with Crippen LogP contribution in [0.1, 0.15) is 6.92 Å². The lowest BCUT2D eigenvalue weighted by Gasteiger charge is -2.31. The minimum Gasteiger partial charge on any atom is -0.468 e. The quantitative estimate of drug-likeness (QED) is 0.348. The molecule has 2 aliphatic rings. The second-order valence-corrected chi connectivity index (χ2v) is 3.72. The summed E-state index contributed by atoms with van der Waals surface area (Å²) in [5, 5.41) is 0. The Morgan fingerprint density at radius 1 is 1.50 bits per heavy atom. The molecule has 1 heterocycles. The average molecular weight is 196 g/mol. The minimum absolute atomic E-state index is 0.0614. The maximum absolute atomic E-state index is 11.4. The lowest BCUT2D eigenvalue weighted by atomic mass is 9.82. The van der Waals surface area contributed by atoms with Gasteiger partial charge in [0.25, 0.3) is 0 Å². The number of esters is 2. The highest BCUT2D eigenvalue weighted by Crippen LogP contribution is 2.39. The Labute approximate surface area is 81.9 Å². The third kappa shape index (κ3) is 1.14. The van der Waals surface area contributed by atoms with Gasteiger partial charge in [0.1, 0.15) is 6.10 Å². The second-order valence-electron chi connectivity index (χ2n) is 3.72. The van der Waals surface area contributed by atoms with Crippen molar-refractivity contribution >= 4 is 11.9 Å². The molecule has 0 N–H and O–H groups in total. The van der Waals surface area contributed by atoms with E-state index >= 15 is 0 Å². The van der Waals surface area contributed by atoms with Crippen molar-refractivity contribution in [3.8, 4) is 0 Å². The maximum atomic E-state index is 11.4. The van der Waals surface area contributed by atoms with E-state index in [-0.39, 0.29) is 17.9 Å². The van der Waals surface area contributed by atoms with Crippen LogP contribution in [-0.4, -0.2) is 25.2 Å². The van der Waals surface area contributed by atoms with Crippen molar-refractivity contribution in [3.63, 3.8) is 0 Å². The van der Waals surface area contributed by atoms with Crippen LogP contribution in [0.3, 0.4) is 0 Å². The molecule has 0 aromatic heterocycles. The zero-order valence-corrected chi connectivity index (χ0v) is 8.10. The first-order valence-electron chi connectivity index (χ1n) is 4.62. The summed E-state index contributed by atoms with van der Waals surface area (Å²) < 4.78 is 9.68. The number of hydrogen-bond donors (Lipinski definition) is 0. The predicted molar refractivity (Wildman–Crippen MR) is 47.2 cm³/mol. The molecular formula is C10H12O4. The normalized spacial score (nSPS) is 39.4. The molecule has 0 radical (unpaired) electrons. The number of carbonyl (C=O) groups is 2. The number of allylic oxidation sites excluding steroid dienone is 1. The summed E-state index contributed by atoms with van der Waals surface area (Å²) >= 11 is 0. The molecule has 2 rings (SSSR count). The Bertz CT molecular complexity index is 307. The van der Waals surface area contributed by atoms with E-state index in [2.05, 4.69) is 4.74 Å². The molecule has 2 bridgehead atoms. The monoisotopic (exact) mass is 196 g/mol. The lowest BCUT2D eigenvalue weighted by Crippen LogP contribution is -2.43. The topological polar surface area (TPSA) is 52.6 Å². The molecule has 14 heavy (non-hydrogen) atoms. The molecule has 0 aromatic carbocycles. The molecule has 76 valence electrons. The van der Waals surface area contributed by atoms with E-state index in [0.29, 0.717) is 0 Å². The molecule has 4 nitrogen and oxygen atoms in total. The van der Waals surface area contributed by atoms with E-state index in [1.54, 1.807) is 0 Å². The molecule has 4 heteroatoms. The number of carbonyl (C=O) groups excluding carboxylic acids is 2. The van der Waals surface area contributed by atoms with Crippen LogP contribution in [0.5, 0.6) is 0 Å². The molecule has 0 amide bonds. The van der Waals surface area contributed by atoms with Crippen molar-refractivity contribution in [3.05, 3.63) is 12.2 Å². The first-order valence-corrected chi connectivity index (χ1v) is 4.62. The predicted octanol–water partition coefficient (Wildman–Crippen LogP) is 0.523. The van der Waals surface area contributed by atoms with Gasteiger partial charge in [-0.15, -0.1) is 0 Å². The van der Waals surface area contributed by atoms with E-state index in [4.69, 9.17) is 4.74 Å². The van der Waals surface area contributed by atoms with Crippen LogP contribution in [0, 0.1) is 17.8 Å². The summed E-state index contributed by atoms with van der Waals surface area (Å²) in [7, 11) is 1.28. The molecule has 1 unspecified atom stereocenters. The maximum Gasteiger partial charge on any atom is 0.321 e. The Morgan fingerprint density at radius 3 is 2.86 bits per heavy atom. The van der Waals surface area contributed by atoms with Crippen molar-refractivity contribution < 1.29 is 19.1 Å². The molecule has 0 aromatic rings. The number of fused-ring (bicyclic) bond motifs is 2. The summed E-state index contributed by atoms with van der Waals surface area (Å²) in [5.41, 5.74) is 0. The van der Waals surface area contributed by atoms with Crippen LogP contribution in [0.15, 0.2) is 12.2 Å². The summed E-state index contributed by atoms with van der Waals surface area (Å²) in [6.07, 6.45) is 3.56. The van der Waals surface area contributed by atoms with Crippen LogP contribution < -0.4 is 0 Å². The lowest BCUT2D eigenvalue weighted by molar-refractivity contribution is -0.173. The zero-order chi connectivity index (χ0) is 10.3. The van der Waals surface area contributed by atoms with Gasteiger partial charge in [0.15, 0.2) is 5.92 Å². The number of rotatable bonds is 1. The minimum atomic E-state index is -0.773. The summed E-state index contributed by atoms with van der Waals surface area (Å²) in [5.74, 6) is -1.62. The highest BCUT2D eigenvalue weighted by molar-refractivity contribution is 5.96. The number of hydrogen-bond acceptors (Lipinski definition) is 4.